The average molecular weight is 378 g/mol. The molecule has 4 nitrogen and oxygen atoms in total. The Morgan fingerprint density at radius 3 is 2.44 bits per heavy atom. The molecule has 0 saturated carbocycles. The van der Waals surface area contributed by atoms with Gasteiger partial charge in [0.05, 0.1) is 0 Å². The fourth-order valence-corrected chi connectivity index (χ4v) is 2.93. The molecule has 0 atom stereocenters. The zero-order valence-corrected chi connectivity index (χ0v) is 16.5. The van der Waals surface area contributed by atoms with Gasteiger partial charge in [-0.15, -0.1) is 0 Å². The number of halogens is 1. The lowest BCUT2D eigenvalue weighted by atomic mass is 9.95. The standard InChI is InChI=1S/C22H31FO4/c1-4-5-6-10-17-13-19(24)18(21(25)20(17)22(26)27)12-11-15(2)8-7-9-16(3)14-23/h9,11,13,24-25H,4-8,10,12,14H2,1-3H3,(H,26,27). The van der Waals surface area contributed by atoms with Crippen LogP contribution in [0.3, 0.4) is 0 Å². The van der Waals surface area contributed by atoms with Crippen molar-refractivity contribution in [1.82, 2.24) is 0 Å². The number of carboxylic acid groups (broad SMARTS) is 1. The molecule has 3 N–H and O–H groups in total. The average Bonchev–Trinajstić information content (AvgIpc) is 2.60. The minimum Gasteiger partial charge on any atom is -0.508 e. The van der Waals surface area contributed by atoms with E-state index >= 15 is 0 Å². The van der Waals surface area contributed by atoms with Crippen LogP contribution < -0.4 is 0 Å². The van der Waals surface area contributed by atoms with E-state index in [1.807, 2.05) is 19.1 Å². The van der Waals surface area contributed by atoms with Crippen molar-refractivity contribution in [2.75, 3.05) is 6.67 Å². The van der Waals surface area contributed by atoms with Crippen molar-refractivity contribution in [2.45, 2.75) is 65.7 Å². The number of carbonyl (C=O) groups is 1. The van der Waals surface area contributed by atoms with Crippen molar-refractivity contribution >= 4 is 5.97 Å². The number of aromatic hydroxyl groups is 2. The van der Waals surface area contributed by atoms with Crippen molar-refractivity contribution in [2.24, 2.45) is 0 Å². The largest absolute Gasteiger partial charge is 0.508 e. The van der Waals surface area contributed by atoms with Crippen molar-refractivity contribution in [1.29, 1.82) is 0 Å². The van der Waals surface area contributed by atoms with Gasteiger partial charge in [0.15, 0.2) is 0 Å². The van der Waals surface area contributed by atoms with E-state index in [4.69, 9.17) is 0 Å². The number of aryl methyl sites for hydroxylation is 1. The van der Waals surface area contributed by atoms with Crippen LogP contribution in [0.15, 0.2) is 29.4 Å². The maximum absolute atomic E-state index is 12.4. The minimum atomic E-state index is -1.19. The molecule has 1 aromatic carbocycles. The molecule has 0 unspecified atom stereocenters. The van der Waals surface area contributed by atoms with E-state index in [-0.39, 0.29) is 29.0 Å². The van der Waals surface area contributed by atoms with Gasteiger partial charge in [0.2, 0.25) is 0 Å². The van der Waals surface area contributed by atoms with Gasteiger partial charge in [0.1, 0.15) is 23.7 Å². The highest BCUT2D eigenvalue weighted by molar-refractivity contribution is 5.93. The number of carboxylic acids is 1. The first-order chi connectivity index (χ1) is 12.8. The molecular formula is C22H31FO4. The Bertz CT molecular complexity index is 705. The van der Waals surface area contributed by atoms with Crippen LogP contribution in [0, 0.1) is 0 Å². The number of rotatable bonds is 11. The van der Waals surface area contributed by atoms with Gasteiger partial charge in [-0.3, -0.25) is 0 Å². The Balaban J connectivity index is 2.99. The Morgan fingerprint density at radius 2 is 1.85 bits per heavy atom. The third-order valence-corrected chi connectivity index (χ3v) is 4.62. The van der Waals surface area contributed by atoms with E-state index in [2.05, 4.69) is 6.92 Å². The van der Waals surface area contributed by atoms with Gasteiger partial charge in [-0.2, -0.15) is 0 Å². The Labute approximate surface area is 161 Å². The van der Waals surface area contributed by atoms with Crippen molar-refractivity contribution in [3.05, 3.63) is 46.1 Å². The highest BCUT2D eigenvalue weighted by Gasteiger charge is 2.21. The lowest BCUT2D eigenvalue weighted by Gasteiger charge is -2.14. The number of phenols is 2. The lowest BCUT2D eigenvalue weighted by molar-refractivity contribution is 0.0692. The second-order valence-electron chi connectivity index (χ2n) is 7.00. The molecule has 0 aliphatic carbocycles. The Kier molecular flexibility index (Phi) is 9.62. The molecule has 5 heteroatoms. The van der Waals surface area contributed by atoms with E-state index in [1.54, 1.807) is 6.92 Å². The fourth-order valence-electron chi connectivity index (χ4n) is 2.93. The number of phenolic OH excluding ortho intramolecular Hbond substituents is 1. The van der Waals surface area contributed by atoms with Gasteiger partial charge in [-0.1, -0.05) is 37.5 Å². The van der Waals surface area contributed by atoms with Crippen LogP contribution in [0.4, 0.5) is 4.39 Å². The van der Waals surface area contributed by atoms with Gasteiger partial charge in [0.25, 0.3) is 0 Å². The minimum absolute atomic E-state index is 0.0822. The first-order valence-corrected chi connectivity index (χ1v) is 9.48. The van der Waals surface area contributed by atoms with Gasteiger partial charge in [-0.25, -0.2) is 9.18 Å². The number of aromatic carboxylic acids is 1. The van der Waals surface area contributed by atoms with Crippen LogP contribution in [0.25, 0.3) is 0 Å². The quantitative estimate of drug-likeness (QED) is 0.340. The number of hydrogen-bond donors (Lipinski definition) is 3. The molecule has 0 bridgehead atoms. The second kappa shape index (κ2) is 11.4. The molecule has 0 aromatic heterocycles. The van der Waals surface area contributed by atoms with E-state index in [1.165, 1.54) is 6.07 Å². The van der Waals surface area contributed by atoms with Gasteiger partial charge < -0.3 is 15.3 Å². The molecule has 0 amide bonds. The highest BCUT2D eigenvalue weighted by atomic mass is 19.1. The van der Waals surface area contributed by atoms with Crippen LogP contribution in [0.2, 0.25) is 0 Å². The summed E-state index contributed by atoms with van der Waals surface area (Å²) in [4.78, 5) is 11.6. The van der Waals surface area contributed by atoms with Crippen LogP contribution in [0.1, 0.15) is 74.4 Å². The lowest BCUT2D eigenvalue weighted by Crippen LogP contribution is -2.05. The topological polar surface area (TPSA) is 77.8 Å². The van der Waals surface area contributed by atoms with E-state index < -0.39 is 12.6 Å². The number of hydrogen-bond acceptors (Lipinski definition) is 3. The van der Waals surface area contributed by atoms with Crippen LogP contribution in [-0.2, 0) is 12.8 Å². The van der Waals surface area contributed by atoms with E-state index in [0.29, 0.717) is 24.0 Å². The Hall–Kier alpha value is -2.30. The molecule has 0 radical (unpaired) electrons. The summed E-state index contributed by atoms with van der Waals surface area (Å²) in [7, 11) is 0. The van der Waals surface area contributed by atoms with Crippen molar-refractivity contribution in [3.8, 4) is 11.5 Å². The summed E-state index contributed by atoms with van der Waals surface area (Å²) in [6, 6.07) is 1.46. The van der Waals surface area contributed by atoms with Gasteiger partial charge >= 0.3 is 5.97 Å². The molecule has 150 valence electrons. The monoisotopic (exact) mass is 378 g/mol. The predicted molar refractivity (Wildman–Crippen MR) is 106 cm³/mol. The normalized spacial score (nSPS) is 12.4. The Morgan fingerprint density at radius 1 is 1.15 bits per heavy atom. The fraction of sp³-hybridized carbons (Fsp3) is 0.500. The smallest absolute Gasteiger partial charge is 0.339 e. The summed E-state index contributed by atoms with van der Waals surface area (Å²) in [6.45, 7) is 5.27. The highest BCUT2D eigenvalue weighted by Crippen LogP contribution is 2.35. The molecule has 1 rings (SSSR count). The van der Waals surface area contributed by atoms with Crippen LogP contribution >= 0.6 is 0 Å². The predicted octanol–water partition coefficient (Wildman–Crippen LogP) is 5.71. The summed E-state index contributed by atoms with van der Waals surface area (Å²) in [5.74, 6) is -1.62. The molecule has 0 saturated heterocycles. The molecule has 0 fully saturated rings. The van der Waals surface area contributed by atoms with Crippen LogP contribution in [0.5, 0.6) is 11.5 Å². The first-order valence-electron chi connectivity index (χ1n) is 9.48. The van der Waals surface area contributed by atoms with Gasteiger partial charge in [0, 0.05) is 5.56 Å². The van der Waals surface area contributed by atoms with Crippen molar-refractivity contribution in [3.63, 3.8) is 0 Å². The third kappa shape index (κ3) is 7.08. The number of benzene rings is 1. The summed E-state index contributed by atoms with van der Waals surface area (Å²) in [5.41, 5.74) is 2.29. The zero-order valence-electron chi connectivity index (χ0n) is 16.5. The molecule has 0 aliphatic rings. The molecular weight excluding hydrogens is 347 g/mol. The zero-order chi connectivity index (χ0) is 20.4. The van der Waals surface area contributed by atoms with Crippen molar-refractivity contribution < 1.29 is 24.5 Å². The van der Waals surface area contributed by atoms with E-state index in [0.717, 1.165) is 31.3 Å². The summed E-state index contributed by atoms with van der Waals surface area (Å²) in [5, 5.41) is 30.2. The molecule has 0 heterocycles. The van der Waals surface area contributed by atoms with E-state index in [9.17, 15) is 24.5 Å². The van der Waals surface area contributed by atoms with Crippen LogP contribution in [-0.4, -0.2) is 28.0 Å². The number of allylic oxidation sites excluding steroid dienone is 4. The number of unbranched alkanes of at least 4 members (excludes halogenated alkanes) is 2. The first kappa shape index (κ1) is 22.7. The summed E-state index contributed by atoms with van der Waals surface area (Å²) < 4.78 is 12.4. The summed E-state index contributed by atoms with van der Waals surface area (Å²) >= 11 is 0. The van der Waals surface area contributed by atoms with Gasteiger partial charge in [-0.05, 0) is 63.2 Å². The third-order valence-electron chi connectivity index (χ3n) is 4.62. The molecule has 1 aromatic rings. The maximum atomic E-state index is 12.4. The maximum Gasteiger partial charge on any atom is 0.339 e. The molecule has 0 spiro atoms. The SMILES string of the molecule is CCCCCc1cc(O)c(CC=C(C)CCC=C(C)CF)c(O)c1C(=O)O. The summed E-state index contributed by atoms with van der Waals surface area (Å²) in [6.07, 6.45) is 8.67. The second-order valence-corrected chi connectivity index (χ2v) is 7.00. The number of alkyl halides is 1. The molecule has 0 aliphatic heterocycles. The molecule has 27 heavy (non-hydrogen) atoms.